The number of carbonyl (C=O) groups excluding carboxylic acids is 6. The minimum absolute atomic E-state index is 0.0555. The average Bonchev–Trinajstić information content (AvgIpc) is 1.65. The maximum atomic E-state index is 14.0. The molecule has 0 unspecified atom stereocenters. The van der Waals surface area contributed by atoms with Gasteiger partial charge in [0.05, 0.1) is 43.5 Å². The number of hydrogen-bond acceptors (Lipinski definition) is 15. The van der Waals surface area contributed by atoms with Crippen molar-refractivity contribution in [2.24, 2.45) is 5.10 Å². The summed E-state index contributed by atoms with van der Waals surface area (Å²) in [4.78, 5) is 84.9. The lowest BCUT2D eigenvalue weighted by atomic mass is 10.0. The molecule has 1 aromatic heterocycles. The Morgan fingerprint density at radius 2 is 1.04 bits per heavy atom. The van der Waals surface area contributed by atoms with Gasteiger partial charge in [-0.15, -0.1) is 0 Å². The summed E-state index contributed by atoms with van der Waals surface area (Å²) in [6.07, 6.45) is 8.45. The summed E-state index contributed by atoms with van der Waals surface area (Å²) < 4.78 is 28.5. The highest BCUT2D eigenvalue weighted by atomic mass is 35.5. The number of amides is 4. The third kappa shape index (κ3) is 16.5. The molecular weight excluding hydrogens is 1180 g/mol. The molecule has 20 nitrogen and oxygen atoms in total. The molecule has 0 spiro atoms. The van der Waals surface area contributed by atoms with E-state index in [4.69, 9.17) is 35.3 Å². The zero-order valence-corrected chi connectivity index (χ0v) is 51.9. The van der Waals surface area contributed by atoms with Crippen LogP contribution in [0, 0.1) is 0 Å². The molecule has 0 saturated carbocycles. The lowest BCUT2D eigenvalue weighted by molar-refractivity contribution is -0.134. The van der Waals surface area contributed by atoms with Crippen molar-refractivity contribution < 1.29 is 52.5 Å². The van der Waals surface area contributed by atoms with Gasteiger partial charge in [-0.1, -0.05) is 78.3 Å². The van der Waals surface area contributed by atoms with Gasteiger partial charge in [-0.2, -0.15) is 10.2 Å². The first-order valence-electron chi connectivity index (χ1n) is 30.9. The predicted molar refractivity (Wildman–Crippen MR) is 349 cm³/mol. The molecule has 0 atom stereocenters. The fourth-order valence-corrected chi connectivity index (χ4v) is 11.1. The number of aromatic nitrogens is 2. The molecule has 3 saturated heterocycles. The van der Waals surface area contributed by atoms with Crippen molar-refractivity contribution in [3.63, 3.8) is 0 Å². The number of nitrogens with one attached hydrogen (secondary N) is 1. The van der Waals surface area contributed by atoms with Crippen LogP contribution in [0.15, 0.2) is 175 Å². The van der Waals surface area contributed by atoms with Crippen LogP contribution in [0.5, 0.6) is 11.5 Å². The highest BCUT2D eigenvalue weighted by Gasteiger charge is 2.36. The molecule has 472 valence electrons. The van der Waals surface area contributed by atoms with Crippen LogP contribution >= 0.6 is 11.6 Å². The number of anilines is 5. The topological polar surface area (TPSA) is 207 Å². The lowest BCUT2D eigenvalue weighted by Crippen LogP contribution is -2.45. The summed E-state index contributed by atoms with van der Waals surface area (Å²) in [5, 5.41) is 8.08. The van der Waals surface area contributed by atoms with Crippen molar-refractivity contribution in [1.29, 1.82) is 0 Å². The van der Waals surface area contributed by atoms with Gasteiger partial charge in [0.25, 0.3) is 11.8 Å². The van der Waals surface area contributed by atoms with Crippen LogP contribution in [0.3, 0.4) is 0 Å². The van der Waals surface area contributed by atoms with Gasteiger partial charge in [0.15, 0.2) is 5.69 Å². The second-order valence-corrected chi connectivity index (χ2v) is 22.1. The Kier molecular flexibility index (Phi) is 22.3. The van der Waals surface area contributed by atoms with Gasteiger partial charge < -0.3 is 48.2 Å². The van der Waals surface area contributed by atoms with Crippen molar-refractivity contribution in [2.45, 2.75) is 78.4 Å². The van der Waals surface area contributed by atoms with Crippen molar-refractivity contribution >= 4 is 80.8 Å². The second kappa shape index (κ2) is 31.6. The Hall–Kier alpha value is -9.79. The standard InChI is InChI=1S/C33H32N4O5.C20H25N3O3.C17H17ClN2O3/c1-2-41-33(40)30-28-19-21-36(25-13-11-24(12-14-25)35-20-7-6-10-29(35)38)32(39)31(28)37(34-30)26-15-17-27(18-16-26)42-22-23-8-4-3-5-9-23;24-19-5-1-2-10-22(19)16-6-8-17(9-7-16)23-11-3-4-18(20(23)25)21-12-14-26-15-13-21;1-2-22-17(21)16(18)20-19-14-8-10-15(11-9-14)23-12-13-6-4-3-5-7-13/h3-5,8-9,11-18H,2,6-7,10,19-22H2,1H3;4,6-9H,1-3,5,10-15H2;3-11,19H,2,12H2,1H3/b;;20-16-. The number of esters is 2. The number of halogens is 1. The number of hydrazone groups is 1. The van der Waals surface area contributed by atoms with Crippen LogP contribution in [0.4, 0.5) is 28.4 Å². The SMILES string of the molecule is CCOC(=O)/C(Cl)=N/Nc1ccc(OCc2ccccc2)cc1.CCOC(=O)c1nn(-c2ccc(OCc3ccccc3)cc2)c2c1CCN(c1ccc(N3CCCCC3=O)cc1)C2=O.O=C1CCCCN1c1ccc(N2CCC=C(N3CCOCC3)C2=O)cc1. The molecule has 0 radical (unpaired) electrons. The van der Waals surface area contributed by atoms with E-state index in [0.717, 1.165) is 91.4 Å². The van der Waals surface area contributed by atoms with Gasteiger partial charge in [-0.25, -0.2) is 14.3 Å². The van der Waals surface area contributed by atoms with Gasteiger partial charge in [0.2, 0.25) is 17.0 Å². The smallest absolute Gasteiger partial charge is 0.370 e. The van der Waals surface area contributed by atoms with Crippen LogP contribution < -0.4 is 34.5 Å². The molecule has 21 heteroatoms. The molecule has 12 rings (SSSR count). The number of ether oxygens (including phenoxy) is 5. The van der Waals surface area contributed by atoms with E-state index >= 15 is 0 Å². The Morgan fingerprint density at radius 3 is 1.56 bits per heavy atom. The van der Waals surface area contributed by atoms with E-state index in [1.54, 1.807) is 47.9 Å². The summed E-state index contributed by atoms with van der Waals surface area (Å²) in [6, 6.07) is 49.6. The van der Waals surface area contributed by atoms with Crippen molar-refractivity contribution in [1.82, 2.24) is 14.7 Å². The van der Waals surface area contributed by atoms with Crippen molar-refractivity contribution in [3.8, 4) is 17.2 Å². The van der Waals surface area contributed by atoms with Gasteiger partial charge in [0.1, 0.15) is 30.4 Å². The number of benzene rings is 6. The minimum atomic E-state index is -0.663. The van der Waals surface area contributed by atoms with E-state index in [2.05, 4.69) is 20.5 Å². The zero-order chi connectivity index (χ0) is 63.5. The molecule has 0 aliphatic carbocycles. The van der Waals surface area contributed by atoms with Crippen molar-refractivity contribution in [3.05, 3.63) is 198 Å². The Balaban J connectivity index is 0.000000160. The molecule has 0 bridgehead atoms. The Labute approximate surface area is 534 Å². The number of rotatable bonds is 18. The van der Waals surface area contributed by atoms with Gasteiger partial charge in [-0.05, 0) is 161 Å². The lowest BCUT2D eigenvalue weighted by Gasteiger charge is -2.35. The monoisotopic (exact) mass is 1250 g/mol. The van der Waals surface area contributed by atoms with Gasteiger partial charge in [-0.3, -0.25) is 24.6 Å². The molecule has 5 aliphatic heterocycles. The number of hydrogen-bond donors (Lipinski definition) is 1. The Morgan fingerprint density at radius 1 is 0.549 bits per heavy atom. The minimum Gasteiger partial charge on any atom is -0.489 e. The first-order valence-corrected chi connectivity index (χ1v) is 31.3. The average molecular weight is 1250 g/mol. The molecule has 4 amide bonds. The number of nitrogens with zero attached hydrogens (tertiary/aromatic N) is 8. The fourth-order valence-electron chi connectivity index (χ4n) is 11.1. The maximum absolute atomic E-state index is 14.0. The molecule has 7 aromatic rings. The fraction of sp³-hybridized carbons (Fsp3) is 0.314. The molecule has 1 N–H and O–H groups in total. The molecule has 6 aromatic carbocycles. The molecule has 91 heavy (non-hydrogen) atoms. The van der Waals surface area contributed by atoms with Crippen LogP contribution in [-0.4, -0.2) is 121 Å². The summed E-state index contributed by atoms with van der Waals surface area (Å²) in [7, 11) is 0. The summed E-state index contributed by atoms with van der Waals surface area (Å²) >= 11 is 5.70. The van der Waals surface area contributed by atoms with E-state index < -0.39 is 11.9 Å². The van der Waals surface area contributed by atoms with E-state index in [1.807, 2.05) is 149 Å². The molecule has 5 aliphatic rings. The normalized spacial score (nSPS) is 15.9. The first kappa shape index (κ1) is 64.2. The first-order chi connectivity index (χ1) is 44.5. The predicted octanol–water partition coefficient (Wildman–Crippen LogP) is 11.3. The largest absolute Gasteiger partial charge is 0.489 e. The number of morpholine rings is 1. The maximum Gasteiger partial charge on any atom is 0.370 e. The molecule has 3 fully saturated rings. The quantitative estimate of drug-likeness (QED) is 0.0482. The summed E-state index contributed by atoms with van der Waals surface area (Å²) in [5.41, 5.74) is 11.4. The third-order valence-electron chi connectivity index (χ3n) is 15.7. The van der Waals surface area contributed by atoms with Gasteiger partial charge in [0, 0.05) is 80.4 Å². The van der Waals surface area contributed by atoms with E-state index in [9.17, 15) is 28.8 Å². The highest BCUT2D eigenvalue weighted by molar-refractivity contribution is 6.82. The second-order valence-electron chi connectivity index (χ2n) is 21.8. The van der Waals surface area contributed by atoms with Gasteiger partial charge >= 0.3 is 11.9 Å². The van der Waals surface area contributed by atoms with Crippen LogP contribution in [0.1, 0.15) is 96.5 Å². The van der Waals surface area contributed by atoms with Crippen LogP contribution in [0.25, 0.3) is 5.69 Å². The third-order valence-corrected chi connectivity index (χ3v) is 16.0. The molecular formula is C70H74ClN9O11. The number of piperidine rings is 2. The summed E-state index contributed by atoms with van der Waals surface area (Å²) in [5.74, 6) is 0.312. The Bertz CT molecular complexity index is 3690. The zero-order valence-electron chi connectivity index (χ0n) is 51.2. The number of fused-ring (bicyclic) bond motifs is 1. The van der Waals surface area contributed by atoms with Crippen LogP contribution in [-0.2, 0) is 53.0 Å². The highest BCUT2D eigenvalue weighted by Crippen LogP contribution is 2.33. The van der Waals surface area contributed by atoms with E-state index in [1.165, 1.54) is 4.68 Å². The van der Waals surface area contributed by atoms with Crippen LogP contribution in [0.2, 0.25) is 0 Å². The number of carbonyl (C=O) groups is 6. The molecule has 6 heterocycles. The summed E-state index contributed by atoms with van der Waals surface area (Å²) in [6.45, 7) is 10.3. The van der Waals surface area contributed by atoms with E-state index in [0.29, 0.717) is 99.4 Å². The van der Waals surface area contributed by atoms with E-state index in [-0.39, 0.29) is 47.7 Å². The van der Waals surface area contributed by atoms with Crippen molar-refractivity contribution in [2.75, 3.05) is 90.7 Å².